The van der Waals surface area contributed by atoms with Gasteiger partial charge in [-0.15, -0.1) is 21.6 Å². The van der Waals surface area contributed by atoms with Crippen LogP contribution in [0.15, 0.2) is 28.4 Å². The van der Waals surface area contributed by atoms with Crippen molar-refractivity contribution in [1.29, 1.82) is 10.5 Å². The van der Waals surface area contributed by atoms with Crippen molar-refractivity contribution in [2.75, 3.05) is 70.8 Å². The Morgan fingerprint density at radius 1 is 0.838 bits per heavy atom. The Morgan fingerprint density at radius 3 is 2.00 bits per heavy atom. The molecule has 2 aromatic rings. The average Bonchev–Trinajstić information content (AvgIpc) is 3.22. The average molecular weight is 528 g/mol. The highest BCUT2D eigenvalue weighted by Crippen LogP contribution is 2.36. The van der Waals surface area contributed by atoms with Crippen molar-refractivity contribution in [3.05, 3.63) is 39.8 Å². The van der Waals surface area contributed by atoms with E-state index < -0.39 is 0 Å². The molecular weight excluding hydrogens is 490 g/mol. The predicted octanol–water partition coefficient (Wildman–Crippen LogP) is 5.83. The van der Waals surface area contributed by atoms with E-state index in [0.29, 0.717) is 67.3 Å². The molecule has 0 aliphatic carbocycles. The molecule has 0 aliphatic heterocycles. The number of hydrogen-bond donors (Lipinski definition) is 0. The van der Waals surface area contributed by atoms with E-state index in [-0.39, 0.29) is 0 Å². The van der Waals surface area contributed by atoms with Crippen LogP contribution >= 0.6 is 11.3 Å². The molecule has 10 heteroatoms. The smallest absolute Gasteiger partial charge is 0.158 e. The first-order valence-electron chi connectivity index (χ1n) is 12.6. The molecule has 1 aromatic heterocycles. The van der Waals surface area contributed by atoms with Crippen LogP contribution in [0, 0.1) is 36.5 Å². The van der Waals surface area contributed by atoms with Gasteiger partial charge in [-0.1, -0.05) is 6.92 Å². The van der Waals surface area contributed by atoms with Gasteiger partial charge in [0, 0.05) is 25.4 Å². The molecule has 0 N–H and O–H groups in total. The zero-order valence-corrected chi connectivity index (χ0v) is 23.1. The third-order valence-electron chi connectivity index (χ3n) is 5.49. The quantitative estimate of drug-likeness (QED) is 0.177. The Morgan fingerprint density at radius 2 is 1.46 bits per heavy atom. The first-order chi connectivity index (χ1) is 18.0. The monoisotopic (exact) mass is 527 g/mol. The fourth-order valence-electron chi connectivity index (χ4n) is 3.41. The van der Waals surface area contributed by atoms with Gasteiger partial charge in [0.2, 0.25) is 0 Å². The minimum atomic E-state index is 0.406. The second-order valence-corrected chi connectivity index (χ2v) is 9.16. The highest BCUT2D eigenvalue weighted by atomic mass is 32.1. The number of aryl methyl sites for hydroxylation is 1. The molecule has 0 unspecified atom stereocenters. The van der Waals surface area contributed by atoms with Crippen molar-refractivity contribution >= 4 is 27.7 Å². The van der Waals surface area contributed by atoms with Crippen LogP contribution in [0.5, 0.6) is 0 Å². The van der Waals surface area contributed by atoms with Gasteiger partial charge in [0.15, 0.2) is 5.00 Å². The van der Waals surface area contributed by atoms with Crippen LogP contribution < -0.4 is 4.90 Å². The van der Waals surface area contributed by atoms with Crippen LogP contribution in [0.1, 0.15) is 41.8 Å². The minimum absolute atomic E-state index is 0.406. The Balaban J connectivity index is 1.74. The van der Waals surface area contributed by atoms with Gasteiger partial charge < -0.3 is 23.8 Å². The lowest BCUT2D eigenvalue weighted by Crippen LogP contribution is -2.27. The van der Waals surface area contributed by atoms with Gasteiger partial charge in [-0.05, 0) is 56.5 Å². The molecule has 0 atom stereocenters. The number of thiophene rings is 1. The lowest BCUT2D eigenvalue weighted by atomic mass is 10.1. The summed E-state index contributed by atoms with van der Waals surface area (Å²) < 4.78 is 22.1. The lowest BCUT2D eigenvalue weighted by Gasteiger charge is -2.23. The summed E-state index contributed by atoms with van der Waals surface area (Å²) in [6, 6.07) is 10.2. The van der Waals surface area contributed by atoms with Gasteiger partial charge in [0.1, 0.15) is 17.0 Å². The molecule has 0 aliphatic rings. The molecular formula is C27H37N5O4S. The summed E-state index contributed by atoms with van der Waals surface area (Å²) >= 11 is 1.18. The molecule has 1 heterocycles. The fraction of sp³-hybridized carbons (Fsp3) is 0.556. The summed E-state index contributed by atoms with van der Waals surface area (Å²) in [5.74, 6) is 0. The molecule has 2 rings (SSSR count). The summed E-state index contributed by atoms with van der Waals surface area (Å²) in [6.45, 7) is 14.3. The maximum Gasteiger partial charge on any atom is 0.158 e. The van der Waals surface area contributed by atoms with Crippen LogP contribution in [-0.4, -0.2) is 65.9 Å². The molecule has 0 radical (unpaired) electrons. The maximum absolute atomic E-state index is 9.39. The Labute approximate surface area is 224 Å². The number of nitriles is 2. The second-order valence-electron chi connectivity index (χ2n) is 8.16. The number of anilines is 1. The van der Waals surface area contributed by atoms with Crippen LogP contribution in [0.2, 0.25) is 0 Å². The number of ether oxygens (including phenoxy) is 4. The number of nitrogens with zero attached hydrogens (tertiary/aromatic N) is 5. The standard InChI is InChI=1S/C27H37N5O4S/c1-5-10-33-12-14-35-16-17-36-15-13-34-11-9-32(6-2)23-7-8-25(21(3)18-23)30-31-27-24(19-28)22(4)26(20-29)37-27/h7-8,18H,5-6,9-17H2,1-4H3/b31-30+. The highest BCUT2D eigenvalue weighted by molar-refractivity contribution is 7.16. The van der Waals surface area contributed by atoms with Gasteiger partial charge in [-0.25, -0.2) is 0 Å². The number of rotatable bonds is 18. The van der Waals surface area contributed by atoms with E-state index in [2.05, 4.69) is 47.2 Å². The number of likely N-dealkylation sites (N-methyl/N-ethyl adjacent to an activating group) is 1. The van der Waals surface area contributed by atoms with Crippen LogP contribution in [0.3, 0.4) is 0 Å². The molecule has 0 bridgehead atoms. The van der Waals surface area contributed by atoms with E-state index in [1.807, 2.05) is 19.1 Å². The van der Waals surface area contributed by atoms with Crippen molar-refractivity contribution < 1.29 is 18.9 Å². The van der Waals surface area contributed by atoms with E-state index in [1.165, 1.54) is 11.3 Å². The van der Waals surface area contributed by atoms with Crippen LogP contribution in [0.4, 0.5) is 16.4 Å². The third kappa shape index (κ3) is 10.2. The molecule has 0 spiro atoms. The van der Waals surface area contributed by atoms with Crippen molar-refractivity contribution in [1.82, 2.24) is 0 Å². The highest BCUT2D eigenvalue weighted by Gasteiger charge is 2.14. The summed E-state index contributed by atoms with van der Waals surface area (Å²) in [7, 11) is 0. The van der Waals surface area contributed by atoms with E-state index in [1.54, 1.807) is 6.92 Å². The SMILES string of the molecule is CCCOCCOCCOCCOCCN(CC)c1ccc(/N=N/c2sc(C#N)c(C)c2C#N)c(C)c1. The van der Waals surface area contributed by atoms with E-state index in [0.717, 1.165) is 43.1 Å². The molecule has 0 fully saturated rings. The molecule has 9 nitrogen and oxygen atoms in total. The molecule has 0 saturated heterocycles. The van der Waals surface area contributed by atoms with E-state index in [9.17, 15) is 10.5 Å². The van der Waals surface area contributed by atoms with Crippen LogP contribution in [-0.2, 0) is 18.9 Å². The number of hydrogen-bond acceptors (Lipinski definition) is 10. The van der Waals surface area contributed by atoms with Gasteiger partial charge in [-0.2, -0.15) is 10.5 Å². The molecule has 1 aromatic carbocycles. The number of benzene rings is 1. The summed E-state index contributed by atoms with van der Waals surface area (Å²) in [4.78, 5) is 2.72. The van der Waals surface area contributed by atoms with E-state index in [4.69, 9.17) is 18.9 Å². The van der Waals surface area contributed by atoms with Crippen molar-refractivity contribution in [2.45, 2.75) is 34.1 Å². The topological polar surface area (TPSA) is 112 Å². The zero-order chi connectivity index (χ0) is 26.9. The Kier molecular flexibility index (Phi) is 14.4. The predicted molar refractivity (Wildman–Crippen MR) is 145 cm³/mol. The Bertz CT molecular complexity index is 1070. The van der Waals surface area contributed by atoms with Gasteiger partial charge in [0.05, 0.1) is 57.5 Å². The maximum atomic E-state index is 9.39. The first kappa shape index (κ1) is 30.4. The second kappa shape index (κ2) is 17.6. The normalized spacial score (nSPS) is 11.1. The van der Waals surface area contributed by atoms with Crippen LogP contribution in [0.25, 0.3) is 0 Å². The first-order valence-corrected chi connectivity index (χ1v) is 13.4. The van der Waals surface area contributed by atoms with Crippen molar-refractivity contribution in [2.24, 2.45) is 10.2 Å². The van der Waals surface area contributed by atoms with Crippen molar-refractivity contribution in [3.8, 4) is 12.1 Å². The molecule has 37 heavy (non-hydrogen) atoms. The van der Waals surface area contributed by atoms with E-state index >= 15 is 0 Å². The largest absolute Gasteiger partial charge is 0.379 e. The summed E-state index contributed by atoms with van der Waals surface area (Å²) in [6.07, 6.45) is 1.02. The van der Waals surface area contributed by atoms with Gasteiger partial charge >= 0.3 is 0 Å². The lowest BCUT2D eigenvalue weighted by molar-refractivity contribution is -0.000994. The van der Waals surface area contributed by atoms with Gasteiger partial charge in [-0.3, -0.25) is 0 Å². The zero-order valence-electron chi connectivity index (χ0n) is 22.3. The summed E-state index contributed by atoms with van der Waals surface area (Å²) in [5.41, 5.74) is 3.83. The molecule has 0 saturated carbocycles. The molecule has 200 valence electrons. The Hall–Kier alpha value is -2.86. The number of azo groups is 1. The molecule has 0 amide bonds. The fourth-order valence-corrected chi connectivity index (χ4v) is 4.28. The van der Waals surface area contributed by atoms with Crippen molar-refractivity contribution in [3.63, 3.8) is 0 Å². The summed E-state index contributed by atoms with van der Waals surface area (Å²) in [5, 5.41) is 27.7. The minimum Gasteiger partial charge on any atom is -0.379 e. The van der Waals surface area contributed by atoms with Gasteiger partial charge in [0.25, 0.3) is 0 Å². The third-order valence-corrected chi connectivity index (χ3v) is 6.57.